The molecule has 0 aliphatic rings. The van der Waals surface area contributed by atoms with Crippen LogP contribution in [0.5, 0.6) is 0 Å². The van der Waals surface area contributed by atoms with Gasteiger partial charge >= 0.3 is 0 Å². The molecule has 4 aromatic heterocycles. The number of nitrogens with zero attached hydrogens (tertiary/aromatic N) is 4. The van der Waals surface area contributed by atoms with Crippen LogP contribution in [0, 0.1) is 0 Å². The molecule has 13 rings (SSSR count). The summed E-state index contributed by atoms with van der Waals surface area (Å²) in [5.74, 6) is 0. The predicted octanol–water partition coefficient (Wildman–Crippen LogP) is 14.8. The summed E-state index contributed by atoms with van der Waals surface area (Å²) < 4.78 is 2.99. The summed E-state index contributed by atoms with van der Waals surface area (Å²) in [5, 5.41) is 7.29. The molecule has 0 aliphatic carbocycles. The number of rotatable bonds is 0. The third-order valence-corrected chi connectivity index (χ3v) is 15.3. The van der Waals surface area contributed by atoms with E-state index < -0.39 is 11.1 Å². The molecule has 0 amide bonds. The molecule has 4 heterocycles. The fourth-order valence-corrected chi connectivity index (χ4v) is 11.9. The largest absolute Gasteiger partial charge is 0.268 e. The van der Waals surface area contributed by atoms with Crippen LogP contribution in [0.2, 0.25) is 40.2 Å². The molecule has 0 spiro atoms. The van der Waals surface area contributed by atoms with E-state index in [0.717, 1.165) is 21.5 Å². The summed E-state index contributed by atoms with van der Waals surface area (Å²) >= 11 is 59.1. The zero-order valence-corrected chi connectivity index (χ0v) is 34.6. The minimum absolute atomic E-state index is 0.00465. The second-order valence-corrected chi connectivity index (χ2v) is 17.5. The maximum Gasteiger partial charge on any atom is 0.266 e. The van der Waals surface area contributed by atoms with Crippen molar-refractivity contribution in [1.29, 1.82) is 0 Å². The lowest BCUT2D eigenvalue weighted by Gasteiger charge is -2.25. The molecule has 0 saturated heterocycles. The van der Waals surface area contributed by atoms with E-state index in [0.29, 0.717) is 75.9 Å². The van der Waals surface area contributed by atoms with Crippen molar-refractivity contribution in [3.63, 3.8) is 0 Å². The molecule has 0 unspecified atom stereocenters. The third kappa shape index (κ3) is 3.72. The maximum atomic E-state index is 15.0. The molecule has 0 aliphatic heterocycles. The van der Waals surface area contributed by atoms with E-state index in [-0.39, 0.29) is 62.2 Å². The Bertz CT molecular complexity index is 3990. The van der Waals surface area contributed by atoms with Gasteiger partial charge in [0.25, 0.3) is 11.1 Å². The maximum absolute atomic E-state index is 15.0. The number of fused-ring (bicyclic) bond motifs is 8. The molecule has 14 heteroatoms. The lowest BCUT2D eigenvalue weighted by atomic mass is 9.85. The van der Waals surface area contributed by atoms with Crippen molar-refractivity contribution >= 4 is 212 Å². The van der Waals surface area contributed by atoms with Gasteiger partial charge in [-0.25, -0.2) is 9.97 Å². The third-order valence-electron chi connectivity index (χ3n) is 11.9. The van der Waals surface area contributed by atoms with Gasteiger partial charge in [0, 0.05) is 64.6 Å². The van der Waals surface area contributed by atoms with Crippen molar-refractivity contribution in [2.45, 2.75) is 0 Å². The summed E-state index contributed by atoms with van der Waals surface area (Å²) in [6.07, 6.45) is 0. The normalized spacial score (nSPS) is 13.0. The quantitative estimate of drug-likeness (QED) is 0.112. The minimum Gasteiger partial charge on any atom is -0.268 e. The van der Waals surface area contributed by atoms with Crippen LogP contribution in [-0.4, -0.2) is 18.8 Å². The summed E-state index contributed by atoms with van der Waals surface area (Å²) in [6.45, 7) is 0. The average molecular weight is 912 g/mol. The van der Waals surface area contributed by atoms with Crippen molar-refractivity contribution < 1.29 is 0 Å². The molecule has 0 atom stereocenters. The molecule has 0 N–H and O–H groups in total. The molecule has 58 heavy (non-hydrogen) atoms. The Morgan fingerprint density at radius 3 is 0.983 bits per heavy atom. The highest BCUT2D eigenvalue weighted by atomic mass is 35.5. The first kappa shape index (κ1) is 34.3. The molecule has 0 radical (unpaired) electrons. The van der Waals surface area contributed by atoms with Crippen molar-refractivity contribution in [2.75, 3.05) is 0 Å². The number of hydrogen-bond acceptors (Lipinski definition) is 4. The van der Waals surface area contributed by atoms with Gasteiger partial charge in [0.2, 0.25) is 0 Å². The molecule has 0 fully saturated rings. The van der Waals surface area contributed by atoms with Crippen molar-refractivity contribution in [3.8, 4) is 0 Å². The van der Waals surface area contributed by atoms with E-state index in [9.17, 15) is 0 Å². The Balaban J connectivity index is 1.38. The van der Waals surface area contributed by atoms with Crippen molar-refractivity contribution in [1.82, 2.24) is 18.8 Å². The second-order valence-electron chi connectivity index (χ2n) is 14.5. The molecule has 6 nitrogen and oxygen atoms in total. The van der Waals surface area contributed by atoms with E-state index in [2.05, 4.69) is 0 Å². The first-order valence-corrected chi connectivity index (χ1v) is 20.7. The summed E-state index contributed by atoms with van der Waals surface area (Å²) in [7, 11) is 0. The fourth-order valence-electron chi connectivity index (χ4n) is 9.71. The monoisotopic (exact) mass is 908 g/mol. The van der Waals surface area contributed by atoms with Gasteiger partial charge in [-0.3, -0.25) is 18.4 Å². The molecule has 0 saturated carbocycles. The lowest BCUT2D eigenvalue weighted by molar-refractivity contribution is 1.15. The molecule has 9 aromatic carbocycles. The van der Waals surface area contributed by atoms with E-state index in [1.54, 1.807) is 0 Å². The Kier molecular flexibility index (Phi) is 6.59. The van der Waals surface area contributed by atoms with E-state index in [4.69, 9.17) is 103 Å². The first-order valence-electron chi connectivity index (χ1n) is 17.6. The molecule has 0 bridgehead atoms. The highest BCUT2D eigenvalue weighted by molar-refractivity contribution is 6.64. The van der Waals surface area contributed by atoms with E-state index in [1.165, 1.54) is 8.80 Å². The number of pyridine rings is 2. The number of benzene rings is 9. The van der Waals surface area contributed by atoms with Gasteiger partial charge in [-0.1, -0.05) is 141 Å². The molecular formula is C44H12Cl8N4O2. The predicted molar refractivity (Wildman–Crippen MR) is 245 cm³/mol. The van der Waals surface area contributed by atoms with Crippen molar-refractivity contribution in [2.24, 2.45) is 0 Å². The van der Waals surface area contributed by atoms with Gasteiger partial charge in [-0.2, -0.15) is 0 Å². The number of aromatic nitrogens is 4. The first-order chi connectivity index (χ1) is 28.0. The van der Waals surface area contributed by atoms with Crippen LogP contribution in [0.25, 0.3) is 120 Å². The van der Waals surface area contributed by atoms with Gasteiger partial charge in [-0.15, -0.1) is 0 Å². The van der Waals surface area contributed by atoms with Crippen LogP contribution >= 0.6 is 92.8 Å². The van der Waals surface area contributed by atoms with Crippen LogP contribution in [0.4, 0.5) is 0 Å². The van der Waals surface area contributed by atoms with E-state index in [1.807, 2.05) is 72.8 Å². The van der Waals surface area contributed by atoms with Gasteiger partial charge in [-0.05, 0) is 35.0 Å². The summed E-state index contributed by atoms with van der Waals surface area (Å²) in [6, 6.07) is 22.8. The zero-order chi connectivity index (χ0) is 39.5. The Morgan fingerprint density at radius 1 is 0.328 bits per heavy atom. The van der Waals surface area contributed by atoms with Gasteiger partial charge in [0.1, 0.15) is 11.3 Å². The SMILES string of the molecule is O=c1c2c(Cl)c(Cl)c3c4c(Cl)c(Cl)c5c6c(c(Cl)c(Cl)c(c7c(Cl)c(Cl)c(c2c37)c2nc3cccc7cccc(c73)n12)c46)c(=O)n1c2cccc3cccc(nc51)c32. The van der Waals surface area contributed by atoms with E-state index >= 15 is 9.59 Å². The molecular weight excluding hydrogens is 900 g/mol. The van der Waals surface area contributed by atoms with Gasteiger partial charge in [0.05, 0.1) is 73.0 Å². The van der Waals surface area contributed by atoms with Crippen LogP contribution in [0.3, 0.4) is 0 Å². The fraction of sp³-hybridized carbons (Fsp3) is 0. The average Bonchev–Trinajstić information content (AvgIpc) is 3.22. The van der Waals surface area contributed by atoms with Gasteiger partial charge in [0.15, 0.2) is 0 Å². The summed E-state index contributed by atoms with van der Waals surface area (Å²) in [4.78, 5) is 40.1. The Morgan fingerprint density at radius 2 is 0.621 bits per heavy atom. The van der Waals surface area contributed by atoms with Crippen molar-refractivity contribution in [3.05, 3.63) is 134 Å². The number of halogens is 8. The van der Waals surface area contributed by atoms with Crippen LogP contribution in [-0.2, 0) is 0 Å². The highest BCUT2D eigenvalue weighted by Crippen LogP contribution is 2.59. The number of hydrogen-bond donors (Lipinski definition) is 0. The highest BCUT2D eigenvalue weighted by Gasteiger charge is 2.34. The van der Waals surface area contributed by atoms with Gasteiger partial charge < -0.3 is 0 Å². The Hall–Kier alpha value is -4.60. The van der Waals surface area contributed by atoms with Crippen LogP contribution in [0.1, 0.15) is 0 Å². The Labute approximate surface area is 362 Å². The van der Waals surface area contributed by atoms with Crippen LogP contribution < -0.4 is 11.1 Å². The lowest BCUT2D eigenvalue weighted by Crippen LogP contribution is -2.18. The standard InChI is InChI=1S/C44H12Cl8N4O2/c45-33-25-21-23-29(37(33)49)41-53-15-9-1-5-13-7-3-11-17(19(13)15)55(41)43(57)31(23)39(51)35(47)27(21)26-22-24-30(38(50)34(26)46)42-54-16-10-2-6-14-8-4-12-18(20(14)16)56(42)44(58)32(24)40(52)36(48)28(22)25/h1-12H. The topological polar surface area (TPSA) is 68.7 Å². The molecule has 13 aromatic rings. The smallest absolute Gasteiger partial charge is 0.266 e. The van der Waals surface area contributed by atoms with Crippen LogP contribution in [0.15, 0.2) is 82.4 Å². The minimum atomic E-state index is -0.475. The zero-order valence-electron chi connectivity index (χ0n) is 28.6. The molecule has 276 valence electrons. The second kappa shape index (κ2) is 11.2. The summed E-state index contributed by atoms with van der Waals surface area (Å²) in [5.41, 5.74) is 2.04.